The maximum atomic E-state index is 12.2. The summed E-state index contributed by atoms with van der Waals surface area (Å²) in [7, 11) is 0. The zero-order valence-corrected chi connectivity index (χ0v) is 21.9. The van der Waals surface area contributed by atoms with E-state index in [9.17, 15) is 9.59 Å². The first-order valence-electron chi connectivity index (χ1n) is 13.4. The van der Waals surface area contributed by atoms with Gasteiger partial charge in [0.05, 0.1) is 12.1 Å². The van der Waals surface area contributed by atoms with Crippen molar-refractivity contribution < 1.29 is 9.59 Å². The largest absolute Gasteiger partial charge is 0.370 e. The maximum Gasteiger partial charge on any atom is 0.239 e. The molecule has 12 nitrogen and oxygen atoms in total. The van der Waals surface area contributed by atoms with Gasteiger partial charge in [-0.1, -0.05) is 27.7 Å². The molecule has 6 heterocycles. The Bertz CT molecular complexity index is 891. The summed E-state index contributed by atoms with van der Waals surface area (Å²) in [5, 5.41) is 13.1. The van der Waals surface area contributed by atoms with Gasteiger partial charge in [0.1, 0.15) is 12.3 Å². The minimum absolute atomic E-state index is 0.0803. The third kappa shape index (κ3) is 3.98. The number of rotatable bonds is 4. The van der Waals surface area contributed by atoms with Crippen molar-refractivity contribution in [1.82, 2.24) is 31.1 Å². The number of guanidine groups is 2. The van der Waals surface area contributed by atoms with Crippen LogP contribution < -0.4 is 32.7 Å². The molecule has 6 rings (SSSR count). The molecule has 0 aliphatic carbocycles. The van der Waals surface area contributed by atoms with Gasteiger partial charge >= 0.3 is 0 Å². The number of amides is 2. The fraction of sp³-hybridized carbons (Fsp3) is 0.833. The van der Waals surface area contributed by atoms with Crippen molar-refractivity contribution in [2.24, 2.45) is 33.3 Å². The van der Waals surface area contributed by atoms with Gasteiger partial charge in [-0.25, -0.2) is 9.98 Å². The number of nitrogens with two attached hydrogens (primary N) is 2. The highest BCUT2D eigenvalue weighted by atomic mass is 16.2. The molecule has 4 saturated heterocycles. The molecule has 2 spiro atoms. The molecule has 36 heavy (non-hydrogen) atoms. The Morgan fingerprint density at radius 3 is 1.56 bits per heavy atom. The third-order valence-corrected chi connectivity index (χ3v) is 8.27. The van der Waals surface area contributed by atoms with Crippen LogP contribution in [0.2, 0.25) is 0 Å². The Morgan fingerprint density at radius 2 is 1.19 bits per heavy atom. The number of nitrogens with zero attached hydrogens (tertiary/aromatic N) is 4. The smallest absolute Gasteiger partial charge is 0.239 e. The van der Waals surface area contributed by atoms with E-state index >= 15 is 0 Å². The Hall–Kier alpha value is -2.60. The average molecular weight is 503 g/mol. The molecule has 0 radical (unpaired) electrons. The molecular formula is C24H42N10O2. The molecular weight excluding hydrogens is 460 g/mol. The van der Waals surface area contributed by atoms with Gasteiger partial charge < -0.3 is 31.9 Å². The molecule has 0 aromatic rings. The van der Waals surface area contributed by atoms with E-state index in [0.29, 0.717) is 23.8 Å². The van der Waals surface area contributed by atoms with Gasteiger partial charge in [-0.3, -0.25) is 20.2 Å². The Labute approximate surface area is 213 Å². The van der Waals surface area contributed by atoms with Crippen LogP contribution in [-0.4, -0.2) is 82.4 Å². The molecule has 6 aliphatic heterocycles. The van der Waals surface area contributed by atoms with Crippen molar-refractivity contribution in [3.8, 4) is 0 Å². The van der Waals surface area contributed by atoms with Crippen molar-refractivity contribution in [3.05, 3.63) is 0 Å². The predicted molar refractivity (Wildman–Crippen MR) is 137 cm³/mol. The lowest BCUT2D eigenvalue weighted by molar-refractivity contribution is -0.132. The van der Waals surface area contributed by atoms with Crippen molar-refractivity contribution >= 4 is 23.7 Å². The number of carbonyl (C=O) groups excluding carboxylic acids is 2. The second-order valence-corrected chi connectivity index (χ2v) is 11.8. The Balaban J connectivity index is 0.000000148. The van der Waals surface area contributed by atoms with Crippen LogP contribution in [0.5, 0.6) is 0 Å². The Morgan fingerprint density at radius 1 is 0.806 bits per heavy atom. The summed E-state index contributed by atoms with van der Waals surface area (Å²) in [6.07, 6.45) is 5.38. The van der Waals surface area contributed by atoms with Crippen LogP contribution in [0.4, 0.5) is 0 Å². The molecule has 4 fully saturated rings. The normalized spacial score (nSPS) is 38.5. The number of hydrogen-bond donors (Lipinski definition) is 6. The monoisotopic (exact) mass is 502 g/mol. The third-order valence-electron chi connectivity index (χ3n) is 8.27. The number of piperazine rings is 2. The topological polar surface area (TPSA) is 166 Å². The second kappa shape index (κ2) is 9.05. The zero-order chi connectivity index (χ0) is 25.8. The number of nitrogens with one attached hydrogen (secondary N) is 4. The van der Waals surface area contributed by atoms with Crippen molar-refractivity contribution in [3.63, 3.8) is 0 Å². The first kappa shape index (κ1) is 25.1. The SMILES string of the molecule is CC(C)C[C@@H]1N[C@@H]2N=C(N)N3CCC[C@@]23NC1=O.CC(C)C[C@@H]1N[C@H]2N=C(N)N3CCC[C@]23NC1=O. The fourth-order valence-electron chi connectivity index (χ4n) is 6.68. The molecule has 12 heteroatoms. The molecule has 8 N–H and O–H groups in total. The molecule has 0 unspecified atom stereocenters. The quantitative estimate of drug-likeness (QED) is 0.289. The lowest BCUT2D eigenvalue weighted by atomic mass is 9.95. The second-order valence-electron chi connectivity index (χ2n) is 11.8. The van der Waals surface area contributed by atoms with Crippen molar-refractivity contribution in [2.45, 2.75) is 102 Å². The lowest BCUT2D eigenvalue weighted by Crippen LogP contribution is -2.73. The van der Waals surface area contributed by atoms with E-state index in [1.807, 2.05) is 9.80 Å². The molecule has 0 bridgehead atoms. The van der Waals surface area contributed by atoms with Crippen LogP contribution in [0.1, 0.15) is 66.2 Å². The van der Waals surface area contributed by atoms with Gasteiger partial charge in [0.2, 0.25) is 11.8 Å². The van der Waals surface area contributed by atoms with E-state index in [4.69, 9.17) is 11.5 Å². The van der Waals surface area contributed by atoms with Gasteiger partial charge in [0.15, 0.2) is 23.2 Å². The first-order chi connectivity index (χ1) is 17.1. The van der Waals surface area contributed by atoms with Gasteiger partial charge in [-0.2, -0.15) is 0 Å². The highest BCUT2D eigenvalue weighted by molar-refractivity contribution is 5.89. The zero-order valence-electron chi connectivity index (χ0n) is 21.9. The average Bonchev–Trinajstić information content (AvgIpc) is 3.50. The summed E-state index contributed by atoms with van der Waals surface area (Å²) < 4.78 is 0. The van der Waals surface area contributed by atoms with E-state index in [1.165, 1.54) is 0 Å². The van der Waals surface area contributed by atoms with Gasteiger partial charge in [-0.15, -0.1) is 0 Å². The number of carbonyl (C=O) groups is 2. The van der Waals surface area contributed by atoms with Crippen LogP contribution >= 0.6 is 0 Å². The summed E-state index contributed by atoms with van der Waals surface area (Å²) in [5.74, 6) is 2.22. The minimum atomic E-state index is -0.394. The molecule has 0 saturated carbocycles. The fourth-order valence-corrected chi connectivity index (χ4v) is 6.68. The van der Waals surface area contributed by atoms with Crippen LogP contribution in [0.3, 0.4) is 0 Å². The van der Waals surface area contributed by atoms with Gasteiger partial charge in [-0.05, 0) is 50.4 Å². The van der Waals surface area contributed by atoms with Gasteiger partial charge in [0.25, 0.3) is 0 Å². The summed E-state index contributed by atoms with van der Waals surface area (Å²) in [6, 6.07) is -0.310. The summed E-state index contributed by atoms with van der Waals surface area (Å²) >= 11 is 0. The standard InChI is InChI=1S/2C12H21N5O/c2*1-7(2)6-8-9(18)16-12-4-3-5-17(12)11(13)15-10(12)14-8/h2*7-8,10,14H,3-6H2,1-2H3,(H2,13,15)(H,16,18)/t8-,10+,12-;8-,10-,12+/m00/s1. The summed E-state index contributed by atoms with van der Waals surface area (Å²) in [4.78, 5) is 37.5. The number of aliphatic imine (C=N–C) groups is 2. The first-order valence-corrected chi connectivity index (χ1v) is 13.4. The number of hydrogen-bond acceptors (Lipinski definition) is 10. The highest BCUT2D eigenvalue weighted by Crippen LogP contribution is 2.38. The van der Waals surface area contributed by atoms with E-state index in [2.05, 4.69) is 58.9 Å². The van der Waals surface area contributed by atoms with Crippen LogP contribution in [0, 0.1) is 11.8 Å². The van der Waals surface area contributed by atoms with E-state index in [-0.39, 0.29) is 36.2 Å². The molecule has 0 aromatic heterocycles. The lowest BCUT2D eigenvalue weighted by Gasteiger charge is -2.44. The molecule has 2 amide bonds. The minimum Gasteiger partial charge on any atom is -0.370 e. The van der Waals surface area contributed by atoms with Crippen molar-refractivity contribution in [2.75, 3.05) is 13.1 Å². The van der Waals surface area contributed by atoms with E-state index in [0.717, 1.165) is 51.6 Å². The van der Waals surface area contributed by atoms with Crippen LogP contribution in [0.25, 0.3) is 0 Å². The van der Waals surface area contributed by atoms with E-state index in [1.54, 1.807) is 0 Å². The van der Waals surface area contributed by atoms with Crippen LogP contribution in [0.15, 0.2) is 9.98 Å². The molecule has 200 valence electrons. The highest BCUT2D eigenvalue weighted by Gasteiger charge is 2.58. The molecule has 6 atom stereocenters. The molecule has 6 aliphatic rings. The van der Waals surface area contributed by atoms with E-state index < -0.39 is 11.3 Å². The van der Waals surface area contributed by atoms with Gasteiger partial charge in [0, 0.05) is 13.1 Å². The maximum absolute atomic E-state index is 12.2. The van der Waals surface area contributed by atoms with Crippen molar-refractivity contribution in [1.29, 1.82) is 0 Å². The molecule has 0 aromatic carbocycles. The Kier molecular flexibility index (Phi) is 6.30. The summed E-state index contributed by atoms with van der Waals surface area (Å²) in [6.45, 7) is 10.2. The predicted octanol–water partition coefficient (Wildman–Crippen LogP) is -0.866. The van der Waals surface area contributed by atoms with Crippen LogP contribution in [-0.2, 0) is 9.59 Å². The summed E-state index contributed by atoms with van der Waals surface area (Å²) in [5.41, 5.74) is 11.1.